The van der Waals surface area contributed by atoms with Gasteiger partial charge in [-0.05, 0) is 39.8 Å². The first-order valence-electron chi connectivity index (χ1n) is 3.80. The summed E-state index contributed by atoms with van der Waals surface area (Å²) in [5.41, 5.74) is 0. The van der Waals surface area contributed by atoms with Crippen molar-refractivity contribution >= 4 is 0 Å². The lowest BCUT2D eigenvalue weighted by atomic mass is 10.1. The van der Waals surface area contributed by atoms with E-state index in [0.29, 0.717) is 0 Å². The minimum Gasteiger partial charge on any atom is -0.300 e. The second-order valence-corrected chi connectivity index (χ2v) is 2.84. The molecule has 2 radical (unpaired) electrons. The maximum absolute atomic E-state index is 5.69. The van der Waals surface area contributed by atoms with E-state index in [1.807, 2.05) is 0 Å². The summed E-state index contributed by atoms with van der Waals surface area (Å²) < 4.78 is 0. The molecule has 1 fully saturated rings. The Labute approximate surface area is 58.0 Å². The molecule has 0 bridgehead atoms. The van der Waals surface area contributed by atoms with Crippen LogP contribution in [0.5, 0.6) is 0 Å². The number of rotatable bonds is 1. The molecule has 1 heterocycles. The molecule has 9 heavy (non-hydrogen) atoms. The van der Waals surface area contributed by atoms with Crippen LogP contribution in [0.3, 0.4) is 0 Å². The normalized spacial score (nSPS) is 23.0. The average molecular weight is 125 g/mol. The van der Waals surface area contributed by atoms with Crippen molar-refractivity contribution in [3.05, 3.63) is 6.92 Å². The van der Waals surface area contributed by atoms with Crippen molar-refractivity contribution in [3.63, 3.8) is 0 Å². The zero-order valence-corrected chi connectivity index (χ0v) is 6.14. The van der Waals surface area contributed by atoms with Crippen LogP contribution in [0.15, 0.2) is 0 Å². The van der Waals surface area contributed by atoms with Gasteiger partial charge < -0.3 is 4.90 Å². The first kappa shape index (κ1) is 7.07. The summed E-state index contributed by atoms with van der Waals surface area (Å²) in [6.07, 6.45) is 4.06. The Morgan fingerprint density at radius 2 is 1.78 bits per heavy atom. The molecule has 1 saturated heterocycles. The van der Waals surface area contributed by atoms with Gasteiger partial charge in [0, 0.05) is 6.04 Å². The van der Waals surface area contributed by atoms with Crippen molar-refractivity contribution in [3.8, 4) is 0 Å². The number of hydrogen-bond donors (Lipinski definition) is 0. The Kier molecular flexibility index (Phi) is 2.52. The van der Waals surface area contributed by atoms with Crippen LogP contribution in [0, 0.1) is 6.92 Å². The first-order valence-corrected chi connectivity index (χ1v) is 3.80. The van der Waals surface area contributed by atoms with E-state index in [4.69, 9.17) is 6.92 Å². The van der Waals surface area contributed by atoms with Gasteiger partial charge in [-0.3, -0.25) is 0 Å². The molecule has 1 nitrogen and oxygen atoms in total. The zero-order chi connectivity index (χ0) is 6.69. The number of nitrogens with zero attached hydrogens (tertiary/aromatic N) is 1. The van der Waals surface area contributed by atoms with Crippen LogP contribution < -0.4 is 0 Å². The van der Waals surface area contributed by atoms with Gasteiger partial charge in [0.05, 0.1) is 0 Å². The van der Waals surface area contributed by atoms with E-state index in [9.17, 15) is 0 Å². The van der Waals surface area contributed by atoms with Gasteiger partial charge in [0.15, 0.2) is 0 Å². The Morgan fingerprint density at radius 1 is 1.22 bits per heavy atom. The summed E-state index contributed by atoms with van der Waals surface area (Å²) in [4.78, 5) is 2.34. The molecule has 0 N–H and O–H groups in total. The molecule has 0 aromatic carbocycles. The SMILES string of the molecule is [CH]C(C)N1CCCCC1. The maximum Gasteiger partial charge on any atom is 0.0102 e. The third kappa shape index (κ3) is 1.98. The highest BCUT2D eigenvalue weighted by molar-refractivity contribution is 4.71. The zero-order valence-electron chi connectivity index (χ0n) is 6.14. The quantitative estimate of drug-likeness (QED) is 0.514. The third-order valence-electron chi connectivity index (χ3n) is 1.97. The van der Waals surface area contributed by atoms with E-state index in [1.165, 1.54) is 32.4 Å². The molecule has 0 aromatic rings. The minimum absolute atomic E-state index is 0.269. The standard InChI is InChI=1S/C8H15N/c1-8(2)9-6-4-3-5-7-9/h1,8H,3-7H2,2H3. The lowest BCUT2D eigenvalue weighted by molar-refractivity contribution is 0.199. The largest absolute Gasteiger partial charge is 0.300 e. The lowest BCUT2D eigenvalue weighted by Gasteiger charge is -2.29. The van der Waals surface area contributed by atoms with Crippen LogP contribution in [-0.2, 0) is 0 Å². The van der Waals surface area contributed by atoms with Crippen molar-refractivity contribution in [2.24, 2.45) is 0 Å². The van der Waals surface area contributed by atoms with Gasteiger partial charge in [0.2, 0.25) is 0 Å². The molecule has 1 rings (SSSR count). The number of hydrogen-bond acceptors (Lipinski definition) is 1. The Morgan fingerprint density at radius 3 is 2.11 bits per heavy atom. The highest BCUT2D eigenvalue weighted by atomic mass is 15.1. The molecule has 0 aromatic heterocycles. The molecule has 1 atom stereocenters. The van der Waals surface area contributed by atoms with Gasteiger partial charge in [-0.25, -0.2) is 0 Å². The predicted molar refractivity (Wildman–Crippen MR) is 39.2 cm³/mol. The molecule has 1 aliphatic rings. The first-order chi connectivity index (χ1) is 4.30. The van der Waals surface area contributed by atoms with Crippen LogP contribution >= 0.6 is 0 Å². The van der Waals surface area contributed by atoms with E-state index in [2.05, 4.69) is 11.8 Å². The predicted octanol–water partition coefficient (Wildman–Crippen LogP) is 1.57. The maximum atomic E-state index is 5.69. The van der Waals surface area contributed by atoms with Gasteiger partial charge in [0.1, 0.15) is 0 Å². The van der Waals surface area contributed by atoms with Crippen molar-refractivity contribution in [1.29, 1.82) is 0 Å². The van der Waals surface area contributed by atoms with Crippen LogP contribution in [-0.4, -0.2) is 24.0 Å². The van der Waals surface area contributed by atoms with Crippen LogP contribution in [0.1, 0.15) is 26.2 Å². The summed E-state index contributed by atoms with van der Waals surface area (Å²) in [5.74, 6) is 0. The summed E-state index contributed by atoms with van der Waals surface area (Å²) in [5, 5.41) is 0. The fourth-order valence-corrected chi connectivity index (χ4v) is 1.33. The van der Waals surface area contributed by atoms with E-state index in [-0.39, 0.29) is 6.04 Å². The van der Waals surface area contributed by atoms with Crippen LogP contribution in [0.4, 0.5) is 0 Å². The fourth-order valence-electron chi connectivity index (χ4n) is 1.33. The highest BCUT2D eigenvalue weighted by Crippen LogP contribution is 2.10. The monoisotopic (exact) mass is 125 g/mol. The van der Waals surface area contributed by atoms with E-state index >= 15 is 0 Å². The summed E-state index contributed by atoms with van der Waals surface area (Å²) >= 11 is 0. The molecule has 52 valence electrons. The van der Waals surface area contributed by atoms with Gasteiger partial charge in [0.25, 0.3) is 0 Å². The molecule has 1 heteroatoms. The Hall–Kier alpha value is -0.0400. The van der Waals surface area contributed by atoms with Gasteiger partial charge in [-0.2, -0.15) is 0 Å². The van der Waals surface area contributed by atoms with E-state index in [1.54, 1.807) is 0 Å². The molecule has 1 unspecified atom stereocenters. The van der Waals surface area contributed by atoms with Crippen LogP contribution in [0.2, 0.25) is 0 Å². The highest BCUT2D eigenvalue weighted by Gasteiger charge is 2.11. The molecule has 1 aliphatic heterocycles. The second kappa shape index (κ2) is 3.21. The smallest absolute Gasteiger partial charge is 0.0102 e. The van der Waals surface area contributed by atoms with Crippen molar-refractivity contribution in [2.45, 2.75) is 32.2 Å². The topological polar surface area (TPSA) is 3.24 Å². The average Bonchev–Trinajstić information content (AvgIpc) is 1.90. The summed E-state index contributed by atoms with van der Waals surface area (Å²) in [7, 11) is 0. The minimum atomic E-state index is 0.269. The molecule has 0 spiro atoms. The third-order valence-corrected chi connectivity index (χ3v) is 1.97. The lowest BCUT2D eigenvalue weighted by Crippen LogP contribution is -2.35. The van der Waals surface area contributed by atoms with Gasteiger partial charge in [-0.15, -0.1) is 0 Å². The second-order valence-electron chi connectivity index (χ2n) is 2.84. The van der Waals surface area contributed by atoms with Gasteiger partial charge in [-0.1, -0.05) is 6.42 Å². The Balaban J connectivity index is 2.23. The van der Waals surface area contributed by atoms with Crippen molar-refractivity contribution < 1.29 is 0 Å². The van der Waals surface area contributed by atoms with E-state index in [0.717, 1.165) is 0 Å². The number of piperidine rings is 1. The van der Waals surface area contributed by atoms with Crippen molar-refractivity contribution in [2.75, 3.05) is 13.1 Å². The molecule has 0 amide bonds. The molecular formula is C8H15N. The summed E-state index contributed by atoms with van der Waals surface area (Å²) in [6, 6.07) is 0.269. The number of likely N-dealkylation sites (tertiary alicyclic amines) is 1. The summed E-state index contributed by atoms with van der Waals surface area (Å²) in [6.45, 7) is 10.2. The Bertz CT molecular complexity index is 72.6. The molecule has 0 aliphatic carbocycles. The van der Waals surface area contributed by atoms with Crippen LogP contribution in [0.25, 0.3) is 0 Å². The van der Waals surface area contributed by atoms with Gasteiger partial charge >= 0.3 is 0 Å². The van der Waals surface area contributed by atoms with E-state index < -0.39 is 0 Å². The fraction of sp³-hybridized carbons (Fsp3) is 0.875. The molecular weight excluding hydrogens is 110 g/mol. The van der Waals surface area contributed by atoms with Crippen molar-refractivity contribution in [1.82, 2.24) is 4.90 Å². The molecule has 0 saturated carbocycles.